The molecule has 108 valence electrons. The Bertz CT molecular complexity index is 405. The van der Waals surface area contributed by atoms with Crippen LogP contribution in [0, 0.1) is 5.92 Å². The van der Waals surface area contributed by atoms with Gasteiger partial charge in [-0.25, -0.2) is 0 Å². The van der Waals surface area contributed by atoms with E-state index in [0.29, 0.717) is 12.1 Å². The van der Waals surface area contributed by atoms with Gasteiger partial charge in [0.1, 0.15) is 0 Å². The first-order valence-electron chi connectivity index (χ1n) is 7.23. The van der Waals surface area contributed by atoms with Crippen LogP contribution < -0.4 is 5.73 Å². The van der Waals surface area contributed by atoms with Gasteiger partial charge in [0.2, 0.25) is 0 Å². The summed E-state index contributed by atoms with van der Waals surface area (Å²) in [6, 6.07) is 5.51. The number of nitrogens with zero attached hydrogens (tertiary/aromatic N) is 1. The molecule has 4 heteroatoms. The molecule has 2 N–H and O–H groups in total. The third kappa shape index (κ3) is 3.60. The predicted molar refractivity (Wildman–Crippen MR) is 87.6 cm³/mol. The van der Waals surface area contributed by atoms with Crippen LogP contribution in [0.5, 0.6) is 0 Å². The Kier molecular flexibility index (Phi) is 5.46. The molecule has 4 unspecified atom stereocenters. The average molecular weight is 345 g/mol. The molecule has 1 aromatic rings. The van der Waals surface area contributed by atoms with Crippen LogP contribution in [-0.4, -0.2) is 24.0 Å². The summed E-state index contributed by atoms with van der Waals surface area (Å²) < 4.78 is 1.19. The number of nitrogens with two attached hydrogens (primary N) is 1. The smallest absolute Gasteiger partial charge is 0.0702 e. The molecule has 1 saturated carbocycles. The van der Waals surface area contributed by atoms with Gasteiger partial charge < -0.3 is 5.73 Å². The van der Waals surface area contributed by atoms with Crippen molar-refractivity contribution in [2.24, 2.45) is 11.7 Å². The van der Waals surface area contributed by atoms with Crippen LogP contribution in [0.4, 0.5) is 0 Å². The van der Waals surface area contributed by atoms with Gasteiger partial charge in [-0.15, -0.1) is 11.3 Å². The second-order valence-corrected chi connectivity index (χ2v) is 8.43. The Labute approximate surface area is 129 Å². The minimum Gasteiger partial charge on any atom is -0.326 e. The summed E-state index contributed by atoms with van der Waals surface area (Å²) in [4.78, 5) is 3.91. The lowest BCUT2D eigenvalue weighted by atomic mass is 9.84. The van der Waals surface area contributed by atoms with Crippen molar-refractivity contribution in [2.45, 2.75) is 57.7 Å². The summed E-state index contributed by atoms with van der Waals surface area (Å²) in [5.74, 6) is 0.781. The van der Waals surface area contributed by atoms with Gasteiger partial charge in [-0.2, -0.15) is 0 Å². The van der Waals surface area contributed by atoms with E-state index >= 15 is 0 Å². The molecule has 0 radical (unpaired) electrons. The fraction of sp³-hybridized carbons (Fsp3) is 0.733. The van der Waals surface area contributed by atoms with Crippen molar-refractivity contribution in [3.05, 3.63) is 20.8 Å². The lowest BCUT2D eigenvalue weighted by Crippen LogP contribution is -2.46. The maximum atomic E-state index is 6.28. The van der Waals surface area contributed by atoms with E-state index in [0.717, 1.165) is 5.92 Å². The van der Waals surface area contributed by atoms with Gasteiger partial charge in [-0.05, 0) is 60.8 Å². The predicted octanol–water partition coefficient (Wildman–Crippen LogP) is 4.41. The molecule has 0 bridgehead atoms. The first kappa shape index (κ1) is 15.5. The number of hydrogen-bond donors (Lipinski definition) is 1. The molecule has 19 heavy (non-hydrogen) atoms. The van der Waals surface area contributed by atoms with E-state index in [1.54, 1.807) is 0 Å². The van der Waals surface area contributed by atoms with Crippen molar-refractivity contribution in [2.75, 3.05) is 7.05 Å². The molecular formula is C15H25BrN2S. The van der Waals surface area contributed by atoms with E-state index in [2.05, 4.69) is 53.9 Å². The number of hydrogen-bond acceptors (Lipinski definition) is 3. The van der Waals surface area contributed by atoms with Gasteiger partial charge in [-0.3, -0.25) is 4.90 Å². The molecule has 1 aromatic heterocycles. The minimum atomic E-state index is 0.157. The van der Waals surface area contributed by atoms with Crippen molar-refractivity contribution in [1.82, 2.24) is 4.90 Å². The Balaban J connectivity index is 2.18. The Morgan fingerprint density at radius 3 is 2.58 bits per heavy atom. The van der Waals surface area contributed by atoms with Crippen molar-refractivity contribution < 1.29 is 0 Å². The van der Waals surface area contributed by atoms with E-state index < -0.39 is 0 Å². The monoisotopic (exact) mass is 344 g/mol. The van der Waals surface area contributed by atoms with Crippen LogP contribution in [0.3, 0.4) is 0 Å². The molecule has 1 aliphatic carbocycles. The molecule has 1 heterocycles. The van der Waals surface area contributed by atoms with Crippen LogP contribution in [0.15, 0.2) is 15.9 Å². The zero-order chi connectivity index (χ0) is 14.0. The maximum absolute atomic E-state index is 6.28. The summed E-state index contributed by atoms with van der Waals surface area (Å²) in [7, 11) is 2.26. The number of thiophene rings is 1. The minimum absolute atomic E-state index is 0.157. The highest BCUT2D eigenvalue weighted by Crippen LogP contribution is 2.37. The molecule has 4 atom stereocenters. The van der Waals surface area contributed by atoms with Crippen molar-refractivity contribution in [3.63, 3.8) is 0 Å². The highest BCUT2D eigenvalue weighted by atomic mass is 79.9. The summed E-state index contributed by atoms with van der Waals surface area (Å²) in [6.45, 7) is 4.52. The van der Waals surface area contributed by atoms with Crippen molar-refractivity contribution >= 4 is 27.3 Å². The molecule has 1 aliphatic rings. The largest absolute Gasteiger partial charge is 0.326 e. The Morgan fingerprint density at radius 1 is 1.37 bits per heavy atom. The van der Waals surface area contributed by atoms with E-state index in [-0.39, 0.29) is 6.04 Å². The Morgan fingerprint density at radius 2 is 2.05 bits per heavy atom. The van der Waals surface area contributed by atoms with Gasteiger partial charge in [0.05, 0.1) is 9.83 Å². The average Bonchev–Trinajstić information content (AvgIpc) is 2.75. The molecule has 0 aliphatic heterocycles. The maximum Gasteiger partial charge on any atom is 0.0702 e. The van der Waals surface area contributed by atoms with Crippen molar-refractivity contribution in [1.29, 1.82) is 0 Å². The summed E-state index contributed by atoms with van der Waals surface area (Å²) >= 11 is 5.38. The third-order valence-electron chi connectivity index (χ3n) is 4.41. The van der Waals surface area contributed by atoms with E-state index in [4.69, 9.17) is 5.73 Å². The highest BCUT2D eigenvalue weighted by molar-refractivity contribution is 9.11. The van der Waals surface area contributed by atoms with Gasteiger partial charge in [0.25, 0.3) is 0 Å². The molecule has 0 spiro atoms. The quantitative estimate of drug-likeness (QED) is 0.876. The normalized spacial score (nSPS) is 27.5. The topological polar surface area (TPSA) is 29.3 Å². The zero-order valence-corrected chi connectivity index (χ0v) is 14.5. The number of halogens is 1. The van der Waals surface area contributed by atoms with Gasteiger partial charge in [-0.1, -0.05) is 19.8 Å². The van der Waals surface area contributed by atoms with E-state index in [1.165, 1.54) is 34.3 Å². The third-order valence-corrected chi connectivity index (χ3v) is 6.11. The number of likely N-dealkylation sites (N-methyl/N-ethyl adjacent to an activating group) is 1. The number of rotatable bonds is 4. The molecule has 0 saturated heterocycles. The summed E-state index contributed by atoms with van der Waals surface area (Å²) in [6.07, 6.45) is 5.42. The zero-order valence-electron chi connectivity index (χ0n) is 12.1. The fourth-order valence-electron chi connectivity index (χ4n) is 3.43. The SMILES string of the molecule is CC(N)C(c1ccc(Br)s1)N(C)C1CCCCC1C. The van der Waals surface area contributed by atoms with Gasteiger partial charge in [0, 0.05) is 17.0 Å². The standard InChI is InChI=1S/C15H25BrN2S/c1-10-6-4-5-7-12(10)18(3)15(11(2)17)13-8-9-14(16)19-13/h8-12,15H,4-7,17H2,1-3H3. The van der Waals surface area contributed by atoms with E-state index in [1.807, 2.05) is 11.3 Å². The fourth-order valence-corrected chi connectivity index (χ4v) is 5.12. The highest BCUT2D eigenvalue weighted by Gasteiger charge is 2.32. The van der Waals surface area contributed by atoms with Crippen LogP contribution in [0.2, 0.25) is 0 Å². The summed E-state index contributed by atoms with van der Waals surface area (Å²) in [5, 5.41) is 0. The molecule has 2 rings (SSSR count). The molecule has 0 aromatic carbocycles. The van der Waals surface area contributed by atoms with Crippen LogP contribution in [0.25, 0.3) is 0 Å². The lowest BCUT2D eigenvalue weighted by molar-refractivity contribution is 0.0875. The molecule has 2 nitrogen and oxygen atoms in total. The van der Waals surface area contributed by atoms with E-state index in [9.17, 15) is 0 Å². The molecule has 1 fully saturated rings. The van der Waals surface area contributed by atoms with Crippen LogP contribution >= 0.6 is 27.3 Å². The van der Waals surface area contributed by atoms with Gasteiger partial charge in [0.15, 0.2) is 0 Å². The van der Waals surface area contributed by atoms with Crippen molar-refractivity contribution in [3.8, 4) is 0 Å². The second kappa shape index (κ2) is 6.70. The lowest BCUT2D eigenvalue weighted by Gasteiger charge is -2.42. The van der Waals surface area contributed by atoms with Crippen LogP contribution in [-0.2, 0) is 0 Å². The molecule has 0 amide bonds. The summed E-state index contributed by atoms with van der Waals surface area (Å²) in [5.41, 5.74) is 6.28. The van der Waals surface area contributed by atoms with Crippen LogP contribution in [0.1, 0.15) is 50.4 Å². The van der Waals surface area contributed by atoms with Gasteiger partial charge >= 0.3 is 0 Å². The molecular weight excluding hydrogens is 320 g/mol. The Hall–Kier alpha value is 0.1000. The first-order chi connectivity index (χ1) is 9.00. The second-order valence-electron chi connectivity index (χ2n) is 5.94. The first-order valence-corrected chi connectivity index (χ1v) is 8.84.